The molecule has 2 aliphatic rings. The number of hydrogen-bond acceptors (Lipinski definition) is 5. The largest absolute Gasteiger partial charge is 0.510 e. The highest BCUT2D eigenvalue weighted by Crippen LogP contribution is 2.39. The van der Waals surface area contributed by atoms with Gasteiger partial charge in [-0.15, -0.1) is 0 Å². The fourth-order valence-electron chi connectivity index (χ4n) is 2.80. The zero-order valence-corrected chi connectivity index (χ0v) is 12.3. The van der Waals surface area contributed by atoms with Crippen LogP contribution in [0.3, 0.4) is 0 Å². The molecule has 1 fully saturated rings. The second kappa shape index (κ2) is 5.00. The van der Waals surface area contributed by atoms with Gasteiger partial charge in [-0.2, -0.15) is 0 Å². The van der Waals surface area contributed by atoms with Crippen molar-refractivity contribution in [2.75, 3.05) is 7.11 Å². The standard InChI is InChI=1S/C14H21NO5/c1-14(2,3)20-13(18)15-8-5-6-10(15)11(16)9(7-8)12(17)19-4/h8,10,16H,5-7H2,1-4H3/t8-,10+/m0/s1. The molecule has 2 atom stereocenters. The van der Waals surface area contributed by atoms with Crippen LogP contribution in [0.25, 0.3) is 0 Å². The summed E-state index contributed by atoms with van der Waals surface area (Å²) in [4.78, 5) is 25.4. The summed E-state index contributed by atoms with van der Waals surface area (Å²) in [6.07, 6.45) is 1.25. The van der Waals surface area contributed by atoms with Crippen LogP contribution in [0.15, 0.2) is 11.3 Å². The van der Waals surface area contributed by atoms with E-state index in [2.05, 4.69) is 4.74 Å². The maximum absolute atomic E-state index is 12.2. The number of ether oxygens (including phenoxy) is 2. The Kier molecular flexibility index (Phi) is 3.67. The third-order valence-electron chi connectivity index (χ3n) is 3.60. The lowest BCUT2D eigenvalue weighted by Crippen LogP contribution is -2.48. The number of nitrogens with zero attached hydrogens (tertiary/aromatic N) is 1. The molecule has 0 radical (unpaired) electrons. The highest BCUT2D eigenvalue weighted by Gasteiger charge is 2.47. The van der Waals surface area contributed by atoms with Crippen LogP contribution >= 0.6 is 0 Å². The molecule has 0 aliphatic carbocycles. The van der Waals surface area contributed by atoms with Crippen molar-refractivity contribution < 1.29 is 24.2 Å². The SMILES string of the molecule is COC(=O)C1=C(O)[C@H]2CC[C@@H](C1)N2C(=O)OC(C)(C)C. The Hall–Kier alpha value is -1.72. The third kappa shape index (κ3) is 2.59. The van der Waals surface area contributed by atoms with Gasteiger partial charge in [-0.05, 0) is 33.6 Å². The van der Waals surface area contributed by atoms with Crippen molar-refractivity contribution in [1.82, 2.24) is 4.90 Å². The summed E-state index contributed by atoms with van der Waals surface area (Å²) < 4.78 is 10.0. The van der Waals surface area contributed by atoms with Crippen molar-refractivity contribution in [3.63, 3.8) is 0 Å². The molecule has 0 saturated carbocycles. The van der Waals surface area contributed by atoms with E-state index in [1.807, 2.05) is 0 Å². The number of hydrogen-bond donors (Lipinski definition) is 1. The van der Waals surface area contributed by atoms with Crippen molar-refractivity contribution in [3.05, 3.63) is 11.3 Å². The molecule has 1 saturated heterocycles. The number of carbonyl (C=O) groups is 2. The minimum absolute atomic E-state index is 0.0588. The van der Waals surface area contributed by atoms with Gasteiger partial charge in [0.1, 0.15) is 11.4 Å². The quantitative estimate of drug-likeness (QED) is 0.746. The molecule has 6 nitrogen and oxygen atoms in total. The van der Waals surface area contributed by atoms with Gasteiger partial charge in [0.05, 0.1) is 18.7 Å². The van der Waals surface area contributed by atoms with Gasteiger partial charge in [-0.1, -0.05) is 0 Å². The van der Waals surface area contributed by atoms with E-state index >= 15 is 0 Å². The second-order valence-electron chi connectivity index (χ2n) is 6.19. The molecule has 0 aromatic heterocycles. The molecule has 1 N–H and O–H groups in total. The zero-order chi connectivity index (χ0) is 15.1. The van der Waals surface area contributed by atoms with Crippen LogP contribution in [0, 0.1) is 0 Å². The Morgan fingerprint density at radius 1 is 1.30 bits per heavy atom. The van der Waals surface area contributed by atoms with E-state index in [0.717, 1.165) is 6.42 Å². The average Bonchev–Trinajstić information content (AvgIpc) is 2.68. The van der Waals surface area contributed by atoms with Crippen LogP contribution in [0.5, 0.6) is 0 Å². The summed E-state index contributed by atoms with van der Waals surface area (Å²) in [6, 6.07) is -0.586. The van der Waals surface area contributed by atoms with Crippen molar-refractivity contribution in [2.24, 2.45) is 0 Å². The lowest BCUT2D eigenvalue weighted by molar-refractivity contribution is -0.137. The van der Waals surface area contributed by atoms with Crippen LogP contribution in [0.2, 0.25) is 0 Å². The molecule has 2 aliphatic heterocycles. The number of methoxy groups -OCH3 is 1. The Bertz CT molecular complexity index is 463. The minimum atomic E-state index is -0.585. The molecule has 112 valence electrons. The normalized spacial score (nSPS) is 25.7. The van der Waals surface area contributed by atoms with Crippen molar-refractivity contribution in [1.29, 1.82) is 0 Å². The van der Waals surface area contributed by atoms with Crippen molar-refractivity contribution in [3.8, 4) is 0 Å². The molecular formula is C14H21NO5. The van der Waals surface area contributed by atoms with E-state index in [1.165, 1.54) is 7.11 Å². The lowest BCUT2D eigenvalue weighted by Gasteiger charge is -2.36. The van der Waals surface area contributed by atoms with Crippen molar-refractivity contribution in [2.45, 2.75) is 57.7 Å². The van der Waals surface area contributed by atoms with E-state index in [-0.39, 0.29) is 17.4 Å². The first-order chi connectivity index (χ1) is 9.24. The Labute approximate surface area is 118 Å². The number of fused-ring (bicyclic) bond motifs is 2. The maximum atomic E-state index is 12.2. The van der Waals surface area contributed by atoms with E-state index in [4.69, 9.17) is 4.74 Å². The lowest BCUT2D eigenvalue weighted by atomic mass is 10.00. The van der Waals surface area contributed by atoms with Gasteiger partial charge in [0.25, 0.3) is 0 Å². The van der Waals surface area contributed by atoms with Crippen LogP contribution < -0.4 is 0 Å². The first kappa shape index (κ1) is 14.7. The highest BCUT2D eigenvalue weighted by molar-refractivity contribution is 5.90. The Morgan fingerprint density at radius 2 is 1.95 bits per heavy atom. The summed E-state index contributed by atoms with van der Waals surface area (Å²) in [7, 11) is 1.28. The molecule has 0 aromatic rings. The monoisotopic (exact) mass is 283 g/mol. The van der Waals surface area contributed by atoms with Gasteiger partial charge in [0.2, 0.25) is 0 Å². The predicted molar refractivity (Wildman–Crippen MR) is 71.2 cm³/mol. The summed E-state index contributed by atoms with van der Waals surface area (Å²) in [5.41, 5.74) is -0.307. The van der Waals surface area contributed by atoms with Gasteiger partial charge in [-0.25, -0.2) is 9.59 Å². The number of carbonyl (C=O) groups excluding carboxylic acids is 2. The smallest absolute Gasteiger partial charge is 0.411 e. The van der Waals surface area contributed by atoms with Crippen molar-refractivity contribution >= 4 is 12.1 Å². The van der Waals surface area contributed by atoms with Gasteiger partial charge in [0.15, 0.2) is 0 Å². The average molecular weight is 283 g/mol. The Morgan fingerprint density at radius 3 is 2.50 bits per heavy atom. The molecule has 0 aromatic carbocycles. The predicted octanol–water partition coefficient (Wildman–Crippen LogP) is 2.14. The fourth-order valence-corrected chi connectivity index (χ4v) is 2.80. The fraction of sp³-hybridized carbons (Fsp3) is 0.714. The maximum Gasteiger partial charge on any atom is 0.411 e. The van der Waals surface area contributed by atoms with E-state index in [0.29, 0.717) is 12.8 Å². The topological polar surface area (TPSA) is 76.1 Å². The summed E-state index contributed by atoms with van der Waals surface area (Å²) in [6.45, 7) is 5.39. The molecule has 0 spiro atoms. The zero-order valence-electron chi connectivity index (χ0n) is 12.3. The number of aliphatic hydroxyl groups is 1. The minimum Gasteiger partial charge on any atom is -0.510 e. The molecule has 2 bridgehead atoms. The molecule has 2 rings (SSSR count). The summed E-state index contributed by atoms with van der Waals surface area (Å²) >= 11 is 0. The van der Waals surface area contributed by atoms with E-state index in [1.54, 1.807) is 25.7 Å². The Balaban J connectivity index is 2.22. The van der Waals surface area contributed by atoms with Gasteiger partial charge < -0.3 is 14.6 Å². The highest BCUT2D eigenvalue weighted by atomic mass is 16.6. The summed E-state index contributed by atoms with van der Waals surface area (Å²) in [5, 5.41) is 10.2. The molecule has 0 unspecified atom stereocenters. The molecule has 20 heavy (non-hydrogen) atoms. The molecule has 2 heterocycles. The van der Waals surface area contributed by atoms with Crippen LogP contribution in [-0.2, 0) is 14.3 Å². The van der Waals surface area contributed by atoms with Crippen LogP contribution in [0.4, 0.5) is 4.79 Å². The third-order valence-corrected chi connectivity index (χ3v) is 3.60. The number of rotatable bonds is 1. The molecular weight excluding hydrogens is 262 g/mol. The first-order valence-corrected chi connectivity index (χ1v) is 6.76. The summed E-state index contributed by atoms with van der Waals surface area (Å²) in [5.74, 6) is -0.584. The van der Waals surface area contributed by atoms with Gasteiger partial charge in [-0.3, -0.25) is 4.90 Å². The number of amides is 1. The second-order valence-corrected chi connectivity index (χ2v) is 6.19. The molecule has 6 heteroatoms. The van der Waals surface area contributed by atoms with E-state index < -0.39 is 23.7 Å². The van der Waals surface area contributed by atoms with Gasteiger partial charge >= 0.3 is 12.1 Å². The van der Waals surface area contributed by atoms with E-state index in [9.17, 15) is 14.7 Å². The van der Waals surface area contributed by atoms with Crippen LogP contribution in [-0.4, -0.2) is 46.9 Å². The first-order valence-electron chi connectivity index (χ1n) is 6.76. The number of aliphatic hydroxyl groups excluding tert-OH is 1. The van der Waals surface area contributed by atoms with Crippen LogP contribution in [0.1, 0.15) is 40.0 Å². The number of esters is 1. The van der Waals surface area contributed by atoms with Gasteiger partial charge in [0, 0.05) is 12.5 Å². The molecule has 1 amide bonds.